The van der Waals surface area contributed by atoms with Crippen LogP contribution in [0.25, 0.3) is 0 Å². The smallest absolute Gasteiger partial charge is 0.0902 e. The SMILES string of the molecule is [Ar].c1ccoc1. The Kier molecular flexibility index (Phi) is 4.05. The molecule has 0 spiro atoms. The van der Waals surface area contributed by atoms with Gasteiger partial charge in [0, 0.05) is 37.7 Å². The van der Waals surface area contributed by atoms with Gasteiger partial charge in [0.1, 0.15) is 0 Å². The van der Waals surface area contributed by atoms with E-state index >= 15 is 0 Å². The van der Waals surface area contributed by atoms with Crippen molar-refractivity contribution in [2.75, 3.05) is 0 Å². The van der Waals surface area contributed by atoms with Gasteiger partial charge in [0.25, 0.3) is 0 Å². The summed E-state index contributed by atoms with van der Waals surface area (Å²) in [7, 11) is 0. The molecule has 0 aliphatic rings. The Morgan fingerprint density at radius 1 is 1.00 bits per heavy atom. The molecule has 1 rings (SSSR count). The zero-order valence-electron chi connectivity index (χ0n) is 3.07. The quantitative estimate of drug-likeness (QED) is 0.487. The second-order valence-electron chi connectivity index (χ2n) is 0.793. The van der Waals surface area contributed by atoms with Gasteiger partial charge >= 0.3 is 0 Å². The molecule has 0 saturated carbocycles. The van der Waals surface area contributed by atoms with Crippen molar-refractivity contribution in [3.63, 3.8) is 0 Å². The number of rotatable bonds is 0. The van der Waals surface area contributed by atoms with Gasteiger partial charge in [0.05, 0.1) is 12.5 Å². The van der Waals surface area contributed by atoms with E-state index in [1.807, 2.05) is 12.1 Å². The zero-order chi connectivity index (χ0) is 3.54. The Morgan fingerprint density at radius 3 is 1.67 bits per heavy atom. The molecule has 0 saturated heterocycles. The molecular weight excluding hydrogens is 104 g/mol. The molecule has 0 radical (unpaired) electrons. The van der Waals surface area contributed by atoms with Crippen molar-refractivity contribution in [1.29, 1.82) is 0 Å². The molecule has 0 unspecified atom stereocenters. The van der Waals surface area contributed by atoms with Crippen LogP contribution in [0.2, 0.25) is 0 Å². The Bertz CT molecular complexity index is 64.0. The molecule has 6 heavy (non-hydrogen) atoms. The molecule has 0 aliphatic heterocycles. The minimum Gasteiger partial charge on any atom is -0.473 e. The van der Waals surface area contributed by atoms with E-state index in [1.165, 1.54) is 0 Å². The molecule has 1 aromatic heterocycles. The van der Waals surface area contributed by atoms with Gasteiger partial charge in [0.15, 0.2) is 0 Å². The van der Waals surface area contributed by atoms with E-state index in [4.69, 9.17) is 0 Å². The molecule has 0 amide bonds. The molecule has 0 N–H and O–H groups in total. The first-order valence-electron chi connectivity index (χ1n) is 1.47. The number of hydrogen-bond acceptors (Lipinski definition) is 1. The fraction of sp³-hybridized carbons (Fsp3) is 0. The zero-order valence-corrected chi connectivity index (χ0v) is 3.78. The van der Waals surface area contributed by atoms with Crippen molar-refractivity contribution in [3.05, 3.63) is 24.7 Å². The summed E-state index contributed by atoms with van der Waals surface area (Å²) in [6, 6.07) is 3.67. The van der Waals surface area contributed by atoms with E-state index in [1.54, 1.807) is 12.5 Å². The summed E-state index contributed by atoms with van der Waals surface area (Å²) in [5.41, 5.74) is 0. The topological polar surface area (TPSA) is 13.1 Å². The first kappa shape index (κ1) is 6.54. The minimum atomic E-state index is 0. The standard InChI is InChI=1S/C4H4O.Ar/c1-2-4-5-3-1;/h1-4H;. The summed E-state index contributed by atoms with van der Waals surface area (Å²) >= 11 is 0. The van der Waals surface area contributed by atoms with Gasteiger partial charge in [-0.05, 0) is 12.1 Å². The Hall–Kier alpha value is 0.540. The average molecular weight is 108 g/mol. The summed E-state index contributed by atoms with van der Waals surface area (Å²) in [6.45, 7) is 0. The van der Waals surface area contributed by atoms with E-state index in [-0.39, 0.29) is 37.7 Å². The van der Waals surface area contributed by atoms with Crippen LogP contribution in [-0.2, 0) is 0 Å². The Morgan fingerprint density at radius 2 is 1.50 bits per heavy atom. The van der Waals surface area contributed by atoms with Crippen molar-refractivity contribution < 1.29 is 42.2 Å². The van der Waals surface area contributed by atoms with E-state index in [9.17, 15) is 0 Å². The molecule has 34 valence electrons. The molecule has 0 aromatic carbocycles. The van der Waals surface area contributed by atoms with E-state index < -0.39 is 0 Å². The summed E-state index contributed by atoms with van der Waals surface area (Å²) in [4.78, 5) is 0. The summed E-state index contributed by atoms with van der Waals surface area (Å²) in [6.07, 6.45) is 3.25. The van der Waals surface area contributed by atoms with Crippen LogP contribution >= 0.6 is 0 Å². The third kappa shape index (κ3) is 1.85. The monoisotopic (exact) mass is 108 g/mol. The molecule has 1 nitrogen and oxygen atoms in total. The van der Waals surface area contributed by atoms with Crippen LogP contribution < -0.4 is 0 Å². The van der Waals surface area contributed by atoms with Gasteiger partial charge in [-0.3, -0.25) is 0 Å². The van der Waals surface area contributed by atoms with Crippen LogP contribution in [-0.4, -0.2) is 0 Å². The molecular formula is C4H4ArO. The van der Waals surface area contributed by atoms with Crippen molar-refractivity contribution >= 4 is 0 Å². The van der Waals surface area contributed by atoms with E-state index in [0.29, 0.717) is 0 Å². The third-order valence-electron chi connectivity index (χ3n) is 0.425. The van der Waals surface area contributed by atoms with Crippen LogP contribution in [0.5, 0.6) is 0 Å². The predicted octanol–water partition coefficient (Wildman–Crippen LogP) is 1.28. The molecule has 2 heteroatoms. The Balaban J connectivity index is 0.000000250. The fourth-order valence-corrected chi connectivity index (χ4v) is 0.227. The first-order valence-corrected chi connectivity index (χ1v) is 1.47. The summed E-state index contributed by atoms with van der Waals surface area (Å²) < 4.78 is 4.58. The van der Waals surface area contributed by atoms with Crippen LogP contribution in [0.1, 0.15) is 0 Å². The van der Waals surface area contributed by atoms with Crippen molar-refractivity contribution in [2.45, 2.75) is 0 Å². The molecule has 1 aromatic rings. The second-order valence-corrected chi connectivity index (χ2v) is 0.793. The van der Waals surface area contributed by atoms with Crippen LogP contribution in [0.4, 0.5) is 0 Å². The van der Waals surface area contributed by atoms with Crippen molar-refractivity contribution in [3.8, 4) is 0 Å². The molecule has 0 atom stereocenters. The summed E-state index contributed by atoms with van der Waals surface area (Å²) in [5, 5.41) is 0. The van der Waals surface area contributed by atoms with Gasteiger partial charge in [-0.25, -0.2) is 0 Å². The molecule has 0 aliphatic carbocycles. The largest absolute Gasteiger partial charge is 0.473 e. The number of hydrogen-bond donors (Lipinski definition) is 0. The Labute approximate surface area is 66.3 Å². The number of furan rings is 1. The predicted molar refractivity (Wildman–Crippen MR) is 18.7 cm³/mol. The van der Waals surface area contributed by atoms with Crippen molar-refractivity contribution in [2.24, 2.45) is 0 Å². The van der Waals surface area contributed by atoms with E-state index in [0.717, 1.165) is 0 Å². The summed E-state index contributed by atoms with van der Waals surface area (Å²) in [5.74, 6) is 0. The van der Waals surface area contributed by atoms with Gasteiger partial charge in [-0.2, -0.15) is 0 Å². The van der Waals surface area contributed by atoms with Crippen LogP contribution in [0, 0.1) is 37.7 Å². The van der Waals surface area contributed by atoms with Gasteiger partial charge < -0.3 is 4.42 Å². The van der Waals surface area contributed by atoms with Crippen LogP contribution in [0.3, 0.4) is 0 Å². The maximum absolute atomic E-state index is 4.58. The maximum Gasteiger partial charge on any atom is 0.0902 e. The molecule has 0 bridgehead atoms. The van der Waals surface area contributed by atoms with Gasteiger partial charge in [0.2, 0.25) is 0 Å². The van der Waals surface area contributed by atoms with Gasteiger partial charge in [-0.1, -0.05) is 0 Å². The van der Waals surface area contributed by atoms with E-state index in [2.05, 4.69) is 4.42 Å². The molecule has 0 fully saturated rings. The van der Waals surface area contributed by atoms with Crippen LogP contribution in [0.15, 0.2) is 29.1 Å². The van der Waals surface area contributed by atoms with Gasteiger partial charge in [-0.15, -0.1) is 0 Å². The second kappa shape index (κ2) is 3.72. The first-order chi connectivity index (χ1) is 2.50. The fourth-order valence-electron chi connectivity index (χ4n) is 0.227. The molecule has 1 heterocycles. The maximum atomic E-state index is 4.58. The normalized spacial score (nSPS) is 6.67. The van der Waals surface area contributed by atoms with Crippen molar-refractivity contribution in [1.82, 2.24) is 0 Å². The third-order valence-corrected chi connectivity index (χ3v) is 0.425. The average Bonchev–Trinajstić information content (AvgIpc) is 1.76. The minimum absolute atomic E-state index is 0.